The Morgan fingerprint density at radius 3 is 2.80 bits per heavy atom. The van der Waals surface area contributed by atoms with Gasteiger partial charge in [0.1, 0.15) is 11.5 Å². The fourth-order valence-electron chi connectivity index (χ4n) is 3.60. The van der Waals surface area contributed by atoms with E-state index in [1.807, 2.05) is 13.1 Å². The van der Waals surface area contributed by atoms with E-state index in [0.717, 1.165) is 53.1 Å². The standard InChI is InChI=1S/C19H22FN5/c1-12-10-21-18-16(12)17(13-5-7-14(20)8-6-13)23-24-19(18)22-15-4-3-9-25(2)11-15/h5-8,10,15,21H,3-4,9,11H2,1-2H3,(H,22,24)/t15-/m1/s1. The van der Waals surface area contributed by atoms with Crippen LogP contribution in [0.1, 0.15) is 18.4 Å². The minimum Gasteiger partial charge on any atom is -0.363 e. The first-order valence-corrected chi connectivity index (χ1v) is 8.67. The van der Waals surface area contributed by atoms with Crippen molar-refractivity contribution in [2.45, 2.75) is 25.8 Å². The van der Waals surface area contributed by atoms with Gasteiger partial charge in [-0.25, -0.2) is 4.39 Å². The summed E-state index contributed by atoms with van der Waals surface area (Å²) in [7, 11) is 2.14. The van der Waals surface area contributed by atoms with Gasteiger partial charge in [0, 0.05) is 29.7 Å². The van der Waals surface area contributed by atoms with E-state index < -0.39 is 0 Å². The van der Waals surface area contributed by atoms with Crippen molar-refractivity contribution < 1.29 is 4.39 Å². The molecule has 1 atom stereocenters. The minimum atomic E-state index is -0.251. The zero-order chi connectivity index (χ0) is 17.4. The number of rotatable bonds is 3. The Morgan fingerprint density at radius 1 is 1.24 bits per heavy atom. The normalized spacial score (nSPS) is 18.6. The number of H-pyrrole nitrogens is 1. The number of benzene rings is 1. The molecule has 1 aliphatic rings. The van der Waals surface area contributed by atoms with Crippen molar-refractivity contribution in [3.8, 4) is 11.3 Å². The number of hydrogen-bond acceptors (Lipinski definition) is 4. The second-order valence-electron chi connectivity index (χ2n) is 6.87. The molecule has 0 spiro atoms. The number of piperidine rings is 1. The molecule has 0 aliphatic carbocycles. The maximum Gasteiger partial charge on any atom is 0.173 e. The lowest BCUT2D eigenvalue weighted by molar-refractivity contribution is 0.261. The fraction of sp³-hybridized carbons (Fsp3) is 0.368. The molecule has 6 heteroatoms. The second kappa shape index (κ2) is 6.44. The van der Waals surface area contributed by atoms with Crippen LogP contribution in [0.4, 0.5) is 10.2 Å². The summed E-state index contributed by atoms with van der Waals surface area (Å²) in [5.41, 5.74) is 3.71. The molecule has 5 nitrogen and oxygen atoms in total. The van der Waals surface area contributed by atoms with Crippen LogP contribution in [0.3, 0.4) is 0 Å². The summed E-state index contributed by atoms with van der Waals surface area (Å²) >= 11 is 0. The highest BCUT2D eigenvalue weighted by molar-refractivity contribution is 6.00. The second-order valence-corrected chi connectivity index (χ2v) is 6.87. The van der Waals surface area contributed by atoms with Gasteiger partial charge in [-0.3, -0.25) is 0 Å². The number of halogens is 1. The Hall–Kier alpha value is -2.47. The number of nitrogens with zero attached hydrogens (tertiary/aromatic N) is 3. The van der Waals surface area contributed by atoms with Crippen LogP contribution in [0.2, 0.25) is 0 Å². The lowest BCUT2D eigenvalue weighted by Gasteiger charge is -2.30. The third-order valence-corrected chi connectivity index (χ3v) is 4.88. The number of anilines is 1. The molecular weight excluding hydrogens is 317 g/mol. The first kappa shape index (κ1) is 16.0. The van der Waals surface area contributed by atoms with E-state index in [1.54, 1.807) is 12.1 Å². The van der Waals surface area contributed by atoms with Gasteiger partial charge in [-0.1, -0.05) is 0 Å². The number of aromatic amines is 1. The van der Waals surface area contributed by atoms with Crippen LogP contribution >= 0.6 is 0 Å². The van der Waals surface area contributed by atoms with Gasteiger partial charge in [-0.2, -0.15) is 0 Å². The third-order valence-electron chi connectivity index (χ3n) is 4.88. The Labute approximate surface area is 146 Å². The van der Waals surface area contributed by atoms with Crippen LogP contribution in [0.25, 0.3) is 22.2 Å². The van der Waals surface area contributed by atoms with Crippen LogP contribution in [-0.2, 0) is 0 Å². The monoisotopic (exact) mass is 339 g/mol. The number of likely N-dealkylation sites (N-methyl/N-ethyl adjacent to an activating group) is 1. The zero-order valence-corrected chi connectivity index (χ0v) is 14.5. The maximum absolute atomic E-state index is 13.2. The molecule has 1 saturated heterocycles. The highest BCUT2D eigenvalue weighted by Crippen LogP contribution is 2.32. The number of nitrogens with one attached hydrogen (secondary N) is 2. The summed E-state index contributed by atoms with van der Waals surface area (Å²) in [6, 6.07) is 6.77. The molecule has 2 N–H and O–H groups in total. The Balaban J connectivity index is 1.73. The van der Waals surface area contributed by atoms with Crippen LogP contribution in [-0.4, -0.2) is 46.3 Å². The quantitative estimate of drug-likeness (QED) is 0.766. The van der Waals surface area contributed by atoms with Gasteiger partial charge < -0.3 is 15.2 Å². The molecule has 2 aromatic heterocycles. The highest BCUT2D eigenvalue weighted by atomic mass is 19.1. The first-order valence-electron chi connectivity index (χ1n) is 8.67. The van der Waals surface area contributed by atoms with Crippen molar-refractivity contribution in [1.82, 2.24) is 20.1 Å². The van der Waals surface area contributed by atoms with Gasteiger partial charge in [0.2, 0.25) is 0 Å². The summed E-state index contributed by atoms with van der Waals surface area (Å²) in [5, 5.41) is 13.5. The van der Waals surface area contributed by atoms with Crippen molar-refractivity contribution in [2.75, 3.05) is 25.5 Å². The molecule has 4 rings (SSSR count). The smallest absolute Gasteiger partial charge is 0.173 e. The van der Waals surface area contributed by atoms with Crippen LogP contribution in [0.15, 0.2) is 30.5 Å². The molecule has 0 unspecified atom stereocenters. The van der Waals surface area contributed by atoms with Gasteiger partial charge in [-0.05, 0) is 63.2 Å². The molecule has 0 amide bonds. The number of likely N-dealkylation sites (tertiary alicyclic amines) is 1. The van der Waals surface area contributed by atoms with Crippen molar-refractivity contribution in [3.63, 3.8) is 0 Å². The lowest BCUT2D eigenvalue weighted by Crippen LogP contribution is -2.40. The Kier molecular flexibility index (Phi) is 4.13. The molecule has 1 aliphatic heterocycles. The number of aryl methyl sites for hydroxylation is 1. The van der Waals surface area contributed by atoms with E-state index in [0.29, 0.717) is 6.04 Å². The Bertz CT molecular complexity index is 887. The average molecular weight is 339 g/mol. The van der Waals surface area contributed by atoms with Crippen LogP contribution in [0, 0.1) is 12.7 Å². The SMILES string of the molecule is Cc1c[nH]c2c(N[C@@H]3CCCN(C)C3)nnc(-c3ccc(F)cc3)c12. The lowest BCUT2D eigenvalue weighted by atomic mass is 10.0. The molecule has 0 radical (unpaired) electrons. The average Bonchev–Trinajstić information content (AvgIpc) is 2.99. The molecule has 0 bridgehead atoms. The summed E-state index contributed by atoms with van der Waals surface area (Å²) in [4.78, 5) is 5.66. The number of hydrogen-bond donors (Lipinski definition) is 2. The molecule has 130 valence electrons. The van der Waals surface area contributed by atoms with Crippen LogP contribution in [0.5, 0.6) is 0 Å². The van der Waals surface area contributed by atoms with Gasteiger partial charge in [0.15, 0.2) is 5.82 Å². The topological polar surface area (TPSA) is 56.8 Å². The summed E-state index contributed by atoms with van der Waals surface area (Å²) in [6.45, 7) is 4.19. The first-order chi connectivity index (χ1) is 12.1. The fourth-order valence-corrected chi connectivity index (χ4v) is 3.60. The summed E-state index contributed by atoms with van der Waals surface area (Å²) < 4.78 is 13.2. The molecular formula is C19H22FN5. The van der Waals surface area contributed by atoms with Gasteiger partial charge in [0.25, 0.3) is 0 Å². The van der Waals surface area contributed by atoms with E-state index in [-0.39, 0.29) is 5.82 Å². The van der Waals surface area contributed by atoms with E-state index >= 15 is 0 Å². The maximum atomic E-state index is 13.2. The highest BCUT2D eigenvalue weighted by Gasteiger charge is 2.20. The molecule has 25 heavy (non-hydrogen) atoms. The molecule has 3 aromatic rings. The largest absolute Gasteiger partial charge is 0.363 e. The summed E-state index contributed by atoms with van der Waals surface area (Å²) in [5.74, 6) is 0.535. The van der Waals surface area contributed by atoms with Crippen molar-refractivity contribution in [2.24, 2.45) is 0 Å². The van der Waals surface area contributed by atoms with Crippen molar-refractivity contribution in [3.05, 3.63) is 41.8 Å². The van der Waals surface area contributed by atoms with Gasteiger partial charge in [-0.15, -0.1) is 10.2 Å². The third kappa shape index (κ3) is 3.09. The number of aromatic nitrogens is 3. The van der Waals surface area contributed by atoms with E-state index in [2.05, 4.69) is 32.4 Å². The minimum absolute atomic E-state index is 0.251. The number of fused-ring (bicyclic) bond motifs is 1. The molecule has 1 aromatic carbocycles. The Morgan fingerprint density at radius 2 is 2.04 bits per heavy atom. The van der Waals surface area contributed by atoms with Crippen LogP contribution < -0.4 is 5.32 Å². The zero-order valence-electron chi connectivity index (χ0n) is 14.5. The predicted octanol–water partition coefficient (Wildman–Crippen LogP) is 3.58. The van der Waals surface area contributed by atoms with E-state index in [1.165, 1.54) is 18.6 Å². The van der Waals surface area contributed by atoms with E-state index in [9.17, 15) is 4.39 Å². The van der Waals surface area contributed by atoms with Gasteiger partial charge >= 0.3 is 0 Å². The van der Waals surface area contributed by atoms with E-state index in [4.69, 9.17) is 0 Å². The van der Waals surface area contributed by atoms with Gasteiger partial charge in [0.05, 0.1) is 5.52 Å². The summed E-state index contributed by atoms with van der Waals surface area (Å²) in [6.07, 6.45) is 4.29. The van der Waals surface area contributed by atoms with Crippen molar-refractivity contribution >= 4 is 16.7 Å². The molecule has 0 saturated carbocycles. The molecule has 3 heterocycles. The molecule has 1 fully saturated rings. The predicted molar refractivity (Wildman–Crippen MR) is 98.2 cm³/mol. The van der Waals surface area contributed by atoms with Crippen molar-refractivity contribution in [1.29, 1.82) is 0 Å².